The molecule has 36 heavy (non-hydrogen) atoms. The first-order valence-electron chi connectivity index (χ1n) is 12.6. The van der Waals surface area contributed by atoms with Gasteiger partial charge in [0.15, 0.2) is 0 Å². The number of benzene rings is 1. The third-order valence-corrected chi connectivity index (χ3v) is 7.97. The summed E-state index contributed by atoms with van der Waals surface area (Å²) in [6.07, 6.45) is 5.69. The summed E-state index contributed by atoms with van der Waals surface area (Å²) in [6.45, 7) is 1.36. The van der Waals surface area contributed by atoms with E-state index in [1.807, 2.05) is 18.2 Å². The van der Waals surface area contributed by atoms with Gasteiger partial charge in [-0.15, -0.1) is 0 Å². The number of halogens is 1. The zero-order valence-corrected chi connectivity index (χ0v) is 19.9. The van der Waals surface area contributed by atoms with Crippen LogP contribution in [0.1, 0.15) is 30.1 Å². The van der Waals surface area contributed by atoms with Gasteiger partial charge in [0.1, 0.15) is 5.82 Å². The first kappa shape index (κ1) is 23.1. The van der Waals surface area contributed by atoms with Crippen molar-refractivity contribution in [1.29, 1.82) is 0 Å². The fourth-order valence-corrected chi connectivity index (χ4v) is 6.07. The molecule has 8 heteroatoms. The molecule has 2 fully saturated rings. The number of nitrogens with zero attached hydrogens (tertiary/aromatic N) is 3. The number of hydrogen-bond acceptors (Lipinski definition) is 5. The van der Waals surface area contributed by atoms with Crippen molar-refractivity contribution < 1.29 is 14.3 Å². The number of aliphatic hydroxyl groups is 1. The Balaban J connectivity index is 1.36. The lowest BCUT2D eigenvalue weighted by atomic mass is 9.86. The fourth-order valence-electron chi connectivity index (χ4n) is 6.07. The molecule has 0 spiro atoms. The van der Waals surface area contributed by atoms with Gasteiger partial charge in [-0.25, -0.2) is 4.39 Å². The monoisotopic (exact) mass is 488 g/mol. The molecule has 3 aliphatic rings. The minimum Gasteiger partial charge on any atom is -0.396 e. The number of aliphatic hydroxyl groups excluding tert-OH is 1. The molecule has 0 radical (unpaired) electrons. The highest BCUT2D eigenvalue weighted by Crippen LogP contribution is 2.50. The van der Waals surface area contributed by atoms with Gasteiger partial charge >= 0.3 is 0 Å². The van der Waals surface area contributed by atoms with Crippen molar-refractivity contribution in [2.45, 2.75) is 38.0 Å². The summed E-state index contributed by atoms with van der Waals surface area (Å²) in [6, 6.07) is 13.2. The third kappa shape index (κ3) is 4.04. The van der Waals surface area contributed by atoms with E-state index in [0.29, 0.717) is 23.6 Å². The highest BCUT2D eigenvalue weighted by Gasteiger charge is 2.56. The summed E-state index contributed by atoms with van der Waals surface area (Å²) >= 11 is 0. The molecule has 2 aliphatic heterocycles. The molecule has 1 saturated carbocycles. The normalized spacial score (nSPS) is 24.9. The number of fused-ring (bicyclic) bond motifs is 4. The molecular formula is C28H29FN4O3. The summed E-state index contributed by atoms with van der Waals surface area (Å²) in [5, 5.41) is 13.4. The molecule has 1 amide bonds. The van der Waals surface area contributed by atoms with E-state index in [-0.39, 0.29) is 48.4 Å². The average Bonchev–Trinajstić information content (AvgIpc) is 3.68. The number of nitrogens with one attached hydrogen (secondary N) is 1. The molecule has 0 unspecified atom stereocenters. The van der Waals surface area contributed by atoms with E-state index >= 15 is 0 Å². The number of aromatic nitrogens is 2. The predicted octanol–water partition coefficient (Wildman–Crippen LogP) is 2.74. The Kier molecular flexibility index (Phi) is 5.93. The molecule has 1 aliphatic carbocycles. The predicted molar refractivity (Wildman–Crippen MR) is 132 cm³/mol. The van der Waals surface area contributed by atoms with Crippen molar-refractivity contribution in [3.8, 4) is 11.1 Å². The van der Waals surface area contributed by atoms with Gasteiger partial charge in [-0.2, -0.15) is 0 Å². The highest BCUT2D eigenvalue weighted by atomic mass is 19.1. The van der Waals surface area contributed by atoms with Crippen LogP contribution in [-0.2, 0) is 17.9 Å². The zero-order valence-electron chi connectivity index (χ0n) is 19.9. The van der Waals surface area contributed by atoms with Gasteiger partial charge in [-0.1, -0.05) is 18.2 Å². The van der Waals surface area contributed by atoms with Crippen molar-refractivity contribution in [1.82, 2.24) is 19.8 Å². The summed E-state index contributed by atoms with van der Waals surface area (Å²) < 4.78 is 15.4. The van der Waals surface area contributed by atoms with Gasteiger partial charge in [0, 0.05) is 67.4 Å². The van der Waals surface area contributed by atoms with E-state index in [0.717, 1.165) is 17.8 Å². The SMILES string of the molecule is O=C(NCc1cccc(F)c1)[C@@H]1[C@@H](CO)[C@@H]2Cn3c(ccc(-c4cccnc4)c3=O)[C@H]1N2CC1CC1. The maximum Gasteiger partial charge on any atom is 0.258 e. The Morgan fingerprint density at radius 2 is 2.03 bits per heavy atom. The molecule has 1 aromatic carbocycles. The smallest absolute Gasteiger partial charge is 0.258 e. The third-order valence-electron chi connectivity index (χ3n) is 7.97. The van der Waals surface area contributed by atoms with Crippen LogP contribution in [0.3, 0.4) is 0 Å². The number of hydrogen-bond donors (Lipinski definition) is 2. The van der Waals surface area contributed by atoms with Crippen molar-refractivity contribution in [3.63, 3.8) is 0 Å². The van der Waals surface area contributed by atoms with E-state index in [9.17, 15) is 19.1 Å². The molecule has 4 atom stereocenters. The first-order valence-corrected chi connectivity index (χ1v) is 12.6. The molecular weight excluding hydrogens is 459 g/mol. The first-order chi connectivity index (χ1) is 17.5. The van der Waals surface area contributed by atoms with Gasteiger partial charge in [-0.3, -0.25) is 19.5 Å². The molecule has 7 nitrogen and oxygen atoms in total. The quantitative estimate of drug-likeness (QED) is 0.534. The van der Waals surface area contributed by atoms with Crippen LogP contribution in [-0.4, -0.2) is 44.7 Å². The summed E-state index contributed by atoms with van der Waals surface area (Å²) in [5.41, 5.74) is 2.73. The number of pyridine rings is 2. The van der Waals surface area contributed by atoms with Crippen LogP contribution in [0.5, 0.6) is 0 Å². The Labute approximate surface area is 208 Å². The minimum atomic E-state index is -0.510. The van der Waals surface area contributed by atoms with Crippen LogP contribution in [0.2, 0.25) is 0 Å². The number of carbonyl (C=O) groups excluding carboxylic acids is 1. The van der Waals surface area contributed by atoms with Crippen LogP contribution >= 0.6 is 0 Å². The van der Waals surface area contributed by atoms with E-state index < -0.39 is 5.92 Å². The highest BCUT2D eigenvalue weighted by molar-refractivity contribution is 5.80. The van der Waals surface area contributed by atoms with Crippen LogP contribution in [0.25, 0.3) is 11.1 Å². The second kappa shape index (κ2) is 9.26. The standard InChI is InChI=1S/C28H29FN4O3/c29-20-5-1-3-18(11-20)12-31-27(35)25-22(16-34)24-15-33-23(26(25)32(24)14-17-6-7-17)9-8-21(28(33)36)19-4-2-10-30-13-19/h1-5,8-11,13,17,22,24-26,34H,6-7,12,14-16H2,(H,31,35)/t22-,24-,25+,26+/m0/s1. The molecule has 2 N–H and O–H groups in total. The topological polar surface area (TPSA) is 87.5 Å². The average molecular weight is 489 g/mol. The maximum atomic E-state index is 13.6. The minimum absolute atomic E-state index is 0.0981. The van der Waals surface area contributed by atoms with Crippen molar-refractivity contribution in [2.24, 2.45) is 17.8 Å². The molecule has 1 saturated heterocycles. The van der Waals surface area contributed by atoms with E-state index in [2.05, 4.69) is 15.2 Å². The zero-order chi connectivity index (χ0) is 24.8. The Morgan fingerprint density at radius 1 is 1.17 bits per heavy atom. The largest absolute Gasteiger partial charge is 0.396 e. The lowest BCUT2D eigenvalue weighted by Crippen LogP contribution is -2.47. The molecule has 4 heterocycles. The van der Waals surface area contributed by atoms with Crippen LogP contribution in [0.4, 0.5) is 4.39 Å². The molecule has 3 aromatic rings. The number of carbonyl (C=O) groups is 1. The Hall–Kier alpha value is -3.36. The van der Waals surface area contributed by atoms with Crippen LogP contribution in [0.15, 0.2) is 65.7 Å². The lowest BCUT2D eigenvalue weighted by Gasteiger charge is -2.38. The van der Waals surface area contributed by atoms with E-state index in [4.69, 9.17) is 0 Å². The van der Waals surface area contributed by atoms with E-state index in [1.165, 1.54) is 25.0 Å². The van der Waals surface area contributed by atoms with Crippen LogP contribution in [0, 0.1) is 23.6 Å². The number of rotatable bonds is 7. The van der Waals surface area contributed by atoms with Crippen molar-refractivity contribution in [2.75, 3.05) is 13.2 Å². The second-order valence-corrected chi connectivity index (χ2v) is 10.2. The molecule has 2 aromatic heterocycles. The summed E-state index contributed by atoms with van der Waals surface area (Å²) in [4.78, 5) is 33.7. The van der Waals surface area contributed by atoms with Crippen LogP contribution < -0.4 is 10.9 Å². The summed E-state index contributed by atoms with van der Waals surface area (Å²) in [7, 11) is 0. The Bertz CT molecular complexity index is 1340. The lowest BCUT2D eigenvalue weighted by molar-refractivity contribution is -0.127. The number of amides is 1. The molecule has 186 valence electrons. The van der Waals surface area contributed by atoms with Gasteiger partial charge in [0.05, 0.1) is 12.0 Å². The van der Waals surface area contributed by atoms with Gasteiger partial charge < -0.3 is 15.0 Å². The Morgan fingerprint density at radius 3 is 2.75 bits per heavy atom. The summed E-state index contributed by atoms with van der Waals surface area (Å²) in [5.74, 6) is -0.743. The fraction of sp³-hybridized carbons (Fsp3) is 0.393. The van der Waals surface area contributed by atoms with Gasteiger partial charge in [-0.05, 0) is 54.7 Å². The molecule has 2 bridgehead atoms. The van der Waals surface area contributed by atoms with Gasteiger partial charge in [0.25, 0.3) is 5.56 Å². The van der Waals surface area contributed by atoms with Gasteiger partial charge in [0.2, 0.25) is 5.91 Å². The molecule has 6 rings (SSSR count). The van der Waals surface area contributed by atoms with Crippen molar-refractivity contribution in [3.05, 3.63) is 88.4 Å². The second-order valence-electron chi connectivity index (χ2n) is 10.2. The van der Waals surface area contributed by atoms with Crippen molar-refractivity contribution >= 4 is 5.91 Å². The maximum absolute atomic E-state index is 13.6. The van der Waals surface area contributed by atoms with E-state index in [1.54, 1.807) is 35.2 Å².